The third-order valence-corrected chi connectivity index (χ3v) is 4.45. The molecule has 11 heteroatoms. The Morgan fingerprint density at radius 3 is 2.66 bits per heavy atom. The molecule has 2 rings (SSSR count). The van der Waals surface area contributed by atoms with Crippen LogP contribution in [0.1, 0.15) is 6.92 Å². The van der Waals surface area contributed by atoms with Crippen LogP contribution in [0.2, 0.25) is 0 Å². The Balaban J connectivity index is 2.39. The summed E-state index contributed by atoms with van der Waals surface area (Å²) in [7, 11) is 0. The molecule has 29 heavy (non-hydrogen) atoms. The summed E-state index contributed by atoms with van der Waals surface area (Å²) in [6, 6.07) is 4.42. The Labute approximate surface area is 179 Å². The number of amides is 1. The Hall–Kier alpha value is -2.09. The van der Waals surface area contributed by atoms with E-state index in [1.54, 1.807) is 6.07 Å². The van der Waals surface area contributed by atoms with Crippen molar-refractivity contribution >= 4 is 39.9 Å². The second kappa shape index (κ2) is 10.6. The summed E-state index contributed by atoms with van der Waals surface area (Å²) in [5.41, 5.74) is 0.407. The number of benzene rings is 1. The number of hydrogen-bond donors (Lipinski definition) is 4. The maximum Gasteiger partial charge on any atom is 0.273 e. The monoisotopic (exact) mass is 523 g/mol. The zero-order chi connectivity index (χ0) is 21.4. The number of oxime groups is 1. The van der Waals surface area contributed by atoms with Crippen LogP contribution < -0.4 is 10.8 Å². The second-order valence-corrected chi connectivity index (χ2v) is 7.28. The van der Waals surface area contributed by atoms with Crippen LogP contribution in [0.25, 0.3) is 0 Å². The van der Waals surface area contributed by atoms with Gasteiger partial charge in [-0.25, -0.2) is 14.3 Å². The Morgan fingerprint density at radius 1 is 1.28 bits per heavy atom. The van der Waals surface area contributed by atoms with Gasteiger partial charge in [0.15, 0.2) is 5.83 Å². The molecular formula is C18H20F2IN3O5. The molecule has 0 spiro atoms. The van der Waals surface area contributed by atoms with E-state index in [9.17, 15) is 13.6 Å². The fraction of sp³-hybridized carbons (Fsp3) is 0.333. The Kier molecular flexibility index (Phi) is 8.49. The minimum absolute atomic E-state index is 0.0406. The Morgan fingerprint density at radius 2 is 2.00 bits per heavy atom. The highest BCUT2D eigenvalue weighted by Gasteiger charge is 2.37. The van der Waals surface area contributed by atoms with Gasteiger partial charge in [0.05, 0.1) is 36.6 Å². The molecule has 0 fully saturated rings. The highest BCUT2D eigenvalue weighted by Crippen LogP contribution is 2.32. The van der Waals surface area contributed by atoms with Gasteiger partial charge in [0, 0.05) is 3.57 Å². The average molecular weight is 523 g/mol. The molecule has 0 radical (unpaired) electrons. The van der Waals surface area contributed by atoms with Crippen LogP contribution in [0, 0.1) is 9.39 Å². The van der Waals surface area contributed by atoms with Crippen LogP contribution in [0.15, 0.2) is 46.9 Å². The first kappa shape index (κ1) is 23.2. The van der Waals surface area contributed by atoms with Crippen LogP contribution >= 0.6 is 22.6 Å². The lowest BCUT2D eigenvalue weighted by atomic mass is 9.84. The zero-order valence-corrected chi connectivity index (χ0v) is 17.6. The minimum atomic E-state index is -1.46. The smallest absolute Gasteiger partial charge is 0.273 e. The van der Waals surface area contributed by atoms with Gasteiger partial charge in [0.1, 0.15) is 18.1 Å². The van der Waals surface area contributed by atoms with Gasteiger partial charge in [-0.05, 0) is 59.9 Å². The molecule has 4 N–H and O–H groups in total. The van der Waals surface area contributed by atoms with Gasteiger partial charge in [-0.1, -0.05) is 5.16 Å². The molecule has 1 atom stereocenters. The van der Waals surface area contributed by atoms with Crippen molar-refractivity contribution in [3.63, 3.8) is 0 Å². The first-order valence-corrected chi connectivity index (χ1v) is 9.56. The number of aliphatic hydroxyl groups excluding tert-OH is 2. The summed E-state index contributed by atoms with van der Waals surface area (Å²) in [5.74, 6) is -2.14. The minimum Gasteiger partial charge on any atom is -0.394 e. The quantitative estimate of drug-likeness (QED) is 0.223. The predicted octanol–water partition coefficient (Wildman–Crippen LogP) is 1.80. The lowest BCUT2D eigenvalue weighted by Gasteiger charge is -2.33. The van der Waals surface area contributed by atoms with Crippen molar-refractivity contribution in [2.45, 2.75) is 12.5 Å². The van der Waals surface area contributed by atoms with Crippen LogP contribution in [-0.2, 0) is 14.5 Å². The number of hydroxylamine groups is 1. The molecule has 1 aliphatic rings. The molecule has 1 aliphatic carbocycles. The molecular weight excluding hydrogens is 503 g/mol. The van der Waals surface area contributed by atoms with Crippen molar-refractivity contribution in [1.29, 1.82) is 0 Å². The van der Waals surface area contributed by atoms with Gasteiger partial charge >= 0.3 is 0 Å². The summed E-state index contributed by atoms with van der Waals surface area (Å²) in [5, 5.41) is 23.9. The molecule has 0 saturated heterocycles. The maximum atomic E-state index is 14.6. The lowest BCUT2D eigenvalue weighted by molar-refractivity contribution is -0.130. The van der Waals surface area contributed by atoms with Crippen LogP contribution in [-0.4, -0.2) is 53.8 Å². The van der Waals surface area contributed by atoms with Gasteiger partial charge in [0.25, 0.3) is 5.91 Å². The number of allylic oxidation sites excluding steroid dienone is 2. The van der Waals surface area contributed by atoms with E-state index in [1.165, 1.54) is 19.1 Å². The first-order valence-electron chi connectivity index (χ1n) is 8.48. The summed E-state index contributed by atoms with van der Waals surface area (Å²) < 4.78 is 29.6. The van der Waals surface area contributed by atoms with Crippen molar-refractivity contribution in [3.8, 4) is 0 Å². The Bertz CT molecular complexity index is 847. The summed E-state index contributed by atoms with van der Waals surface area (Å²) in [4.78, 5) is 22.2. The molecule has 1 unspecified atom stereocenters. The predicted molar refractivity (Wildman–Crippen MR) is 110 cm³/mol. The standard InChI is InChI=1S/C18H20F2IN3O5/c1-18(22-15-3-2-11(21)8-13(15)19)10-14(20)16(23-28-6-4-25)9-12(18)17(27)24-29-7-5-26/h2-3,8-10,22,25-26H,4-7H2,1H3,(H,24,27). The van der Waals surface area contributed by atoms with E-state index in [2.05, 4.69) is 16.0 Å². The number of carbonyl (C=O) groups is 1. The number of halogens is 3. The SMILES string of the molecule is CC1(Nc2ccc(I)cc2F)C=C(F)C(=NOCCO)C=C1C(=O)NOCCO. The average Bonchev–Trinajstić information content (AvgIpc) is 2.66. The van der Waals surface area contributed by atoms with Crippen molar-refractivity contribution in [2.75, 3.05) is 31.7 Å². The van der Waals surface area contributed by atoms with Crippen molar-refractivity contribution in [1.82, 2.24) is 5.48 Å². The van der Waals surface area contributed by atoms with Crippen LogP contribution in [0.3, 0.4) is 0 Å². The molecule has 0 saturated carbocycles. The normalized spacial score (nSPS) is 20.1. The number of nitrogens with one attached hydrogen (secondary N) is 2. The van der Waals surface area contributed by atoms with E-state index >= 15 is 0 Å². The second-order valence-electron chi connectivity index (χ2n) is 6.04. The van der Waals surface area contributed by atoms with E-state index in [0.717, 1.165) is 12.2 Å². The molecule has 0 heterocycles. The molecule has 1 amide bonds. The number of aliphatic hydroxyl groups is 2. The molecule has 0 aliphatic heterocycles. The third kappa shape index (κ3) is 6.19. The highest BCUT2D eigenvalue weighted by atomic mass is 127. The van der Waals surface area contributed by atoms with Crippen molar-refractivity contribution in [3.05, 3.63) is 51.1 Å². The summed E-state index contributed by atoms with van der Waals surface area (Å²) >= 11 is 1.95. The van der Waals surface area contributed by atoms with E-state index in [0.29, 0.717) is 3.57 Å². The number of anilines is 1. The number of nitrogens with zero attached hydrogens (tertiary/aromatic N) is 1. The van der Waals surface area contributed by atoms with Crippen molar-refractivity contribution in [2.24, 2.45) is 5.16 Å². The zero-order valence-electron chi connectivity index (χ0n) is 15.4. The van der Waals surface area contributed by atoms with Crippen LogP contribution in [0.5, 0.6) is 0 Å². The number of carbonyl (C=O) groups excluding carboxylic acids is 1. The highest BCUT2D eigenvalue weighted by molar-refractivity contribution is 14.1. The third-order valence-electron chi connectivity index (χ3n) is 3.77. The maximum absolute atomic E-state index is 14.6. The van der Waals surface area contributed by atoms with Gasteiger partial charge in [-0.2, -0.15) is 0 Å². The fourth-order valence-electron chi connectivity index (χ4n) is 2.48. The molecule has 0 aromatic heterocycles. The lowest BCUT2D eigenvalue weighted by Crippen LogP contribution is -2.45. The first-order chi connectivity index (χ1) is 13.8. The van der Waals surface area contributed by atoms with E-state index < -0.39 is 23.1 Å². The van der Waals surface area contributed by atoms with Gasteiger partial charge in [-0.15, -0.1) is 0 Å². The molecule has 1 aromatic rings. The van der Waals surface area contributed by atoms with E-state index in [4.69, 9.17) is 19.9 Å². The van der Waals surface area contributed by atoms with E-state index in [-0.39, 0.29) is 43.4 Å². The number of hydrogen-bond acceptors (Lipinski definition) is 7. The molecule has 8 nitrogen and oxygen atoms in total. The molecule has 158 valence electrons. The summed E-state index contributed by atoms with van der Waals surface area (Å²) in [6.07, 6.45) is 2.19. The topological polar surface area (TPSA) is 112 Å². The summed E-state index contributed by atoms with van der Waals surface area (Å²) in [6.45, 7) is 0.528. The van der Waals surface area contributed by atoms with Gasteiger partial charge < -0.3 is 20.4 Å². The van der Waals surface area contributed by atoms with Crippen LogP contribution in [0.4, 0.5) is 14.5 Å². The largest absolute Gasteiger partial charge is 0.394 e. The molecule has 1 aromatic carbocycles. The fourth-order valence-corrected chi connectivity index (χ4v) is 2.93. The van der Waals surface area contributed by atoms with Gasteiger partial charge in [0.2, 0.25) is 0 Å². The molecule has 0 bridgehead atoms. The number of rotatable bonds is 9. The van der Waals surface area contributed by atoms with Crippen molar-refractivity contribution < 1.29 is 33.5 Å². The van der Waals surface area contributed by atoms with E-state index in [1.807, 2.05) is 22.6 Å². The van der Waals surface area contributed by atoms with Gasteiger partial charge in [-0.3, -0.25) is 9.63 Å².